The molecule has 88 valence electrons. The molecule has 0 aliphatic heterocycles. The lowest BCUT2D eigenvalue weighted by Gasteiger charge is -2.14. The van der Waals surface area contributed by atoms with Crippen LogP contribution in [0.4, 0.5) is 0 Å². The Kier molecular flexibility index (Phi) is 3.45. The molecule has 3 heteroatoms. The van der Waals surface area contributed by atoms with E-state index < -0.39 is 0 Å². The van der Waals surface area contributed by atoms with Gasteiger partial charge >= 0.3 is 0 Å². The zero-order valence-electron chi connectivity index (χ0n) is 9.92. The number of phenols is 1. The second-order valence-electron chi connectivity index (χ2n) is 4.57. The quantitative estimate of drug-likeness (QED) is 0.826. The van der Waals surface area contributed by atoms with E-state index in [0.29, 0.717) is 10.5 Å². The summed E-state index contributed by atoms with van der Waals surface area (Å²) in [6.07, 6.45) is 4.82. The molecule has 0 bridgehead atoms. The van der Waals surface area contributed by atoms with E-state index in [9.17, 15) is 5.11 Å². The maximum atomic E-state index is 9.85. The molecule has 0 unspecified atom stereocenters. The highest BCUT2D eigenvalue weighted by Crippen LogP contribution is 2.46. The Morgan fingerprint density at radius 1 is 1.44 bits per heavy atom. The predicted octanol–water partition coefficient (Wildman–Crippen LogP) is 2.69. The van der Waals surface area contributed by atoms with Gasteiger partial charge in [0, 0.05) is 23.4 Å². The lowest BCUT2D eigenvalue weighted by Crippen LogP contribution is -2.25. The van der Waals surface area contributed by atoms with E-state index in [1.54, 1.807) is 0 Å². The molecule has 16 heavy (non-hydrogen) atoms. The lowest BCUT2D eigenvalue weighted by molar-refractivity contribution is 0.460. The summed E-state index contributed by atoms with van der Waals surface area (Å²) in [5.41, 5.74) is 1.95. The molecule has 1 aliphatic carbocycles. The van der Waals surface area contributed by atoms with Gasteiger partial charge in [0.05, 0.1) is 0 Å². The summed E-state index contributed by atoms with van der Waals surface area (Å²) >= 11 is 1.96. The van der Waals surface area contributed by atoms with Gasteiger partial charge in [0.25, 0.3) is 0 Å². The third-order valence-electron chi connectivity index (χ3n) is 3.32. The first kappa shape index (κ1) is 11.8. The number of aromatic hydroxyl groups is 1. The minimum absolute atomic E-state index is 0.434. The fourth-order valence-corrected chi connectivity index (χ4v) is 2.64. The molecule has 0 saturated heterocycles. The molecule has 0 heterocycles. The van der Waals surface area contributed by atoms with Crippen LogP contribution in [0.15, 0.2) is 18.2 Å². The normalized spacial score (nSPS) is 17.4. The van der Waals surface area contributed by atoms with E-state index >= 15 is 0 Å². The highest BCUT2D eigenvalue weighted by Gasteiger charge is 2.41. The average Bonchev–Trinajstić information content (AvgIpc) is 3.05. The number of phenolic OH excluding ortho intramolecular Hbond substituents is 1. The van der Waals surface area contributed by atoms with E-state index in [-0.39, 0.29) is 0 Å². The Morgan fingerprint density at radius 3 is 2.81 bits per heavy atom. The van der Waals surface area contributed by atoms with Crippen molar-refractivity contribution >= 4 is 11.8 Å². The molecule has 2 rings (SSSR count). The molecule has 2 N–H and O–H groups in total. The Bertz CT molecular complexity index is 374. The van der Waals surface area contributed by atoms with Gasteiger partial charge in [0.15, 0.2) is 0 Å². The molecule has 0 atom stereocenters. The van der Waals surface area contributed by atoms with Gasteiger partial charge < -0.3 is 10.4 Å². The van der Waals surface area contributed by atoms with Gasteiger partial charge in [-0.1, -0.05) is 18.2 Å². The molecule has 0 radical (unpaired) electrons. The zero-order valence-corrected chi connectivity index (χ0v) is 10.7. The molecular weight excluding hydrogens is 218 g/mol. The van der Waals surface area contributed by atoms with Crippen molar-refractivity contribution in [3.8, 4) is 5.75 Å². The number of para-hydroxylation sites is 1. The van der Waals surface area contributed by atoms with Gasteiger partial charge in [-0.3, -0.25) is 0 Å². The minimum atomic E-state index is 0.434. The maximum absolute atomic E-state index is 9.85. The number of hydrogen-bond donors (Lipinski definition) is 2. The first-order valence-corrected chi connectivity index (χ1v) is 6.93. The topological polar surface area (TPSA) is 32.3 Å². The van der Waals surface area contributed by atoms with Crippen LogP contribution in [0, 0.1) is 6.92 Å². The fourth-order valence-electron chi connectivity index (χ4n) is 1.88. The Hall–Kier alpha value is -0.670. The van der Waals surface area contributed by atoms with Gasteiger partial charge in [-0.25, -0.2) is 0 Å². The van der Waals surface area contributed by atoms with Crippen molar-refractivity contribution in [1.29, 1.82) is 0 Å². The smallest absolute Gasteiger partial charge is 0.122 e. The second-order valence-corrected chi connectivity index (χ2v) is 5.85. The summed E-state index contributed by atoms with van der Waals surface area (Å²) in [4.78, 5) is 0. The third kappa shape index (κ3) is 2.53. The molecule has 1 aliphatic rings. The Labute approximate surface area is 101 Å². The van der Waals surface area contributed by atoms with E-state index in [2.05, 4.69) is 11.6 Å². The summed E-state index contributed by atoms with van der Waals surface area (Å²) in [5, 5.41) is 13.3. The van der Waals surface area contributed by atoms with Crippen LogP contribution < -0.4 is 5.32 Å². The Morgan fingerprint density at radius 2 is 2.19 bits per heavy atom. The van der Waals surface area contributed by atoms with E-state index in [1.807, 2.05) is 36.9 Å². The highest BCUT2D eigenvalue weighted by molar-refractivity contribution is 8.00. The number of thioether (sulfide) groups is 1. The SMILES string of the molecule is CSC1(CNCc2cccc(C)c2O)CC1. The van der Waals surface area contributed by atoms with Gasteiger partial charge in [-0.15, -0.1) is 0 Å². The zero-order chi connectivity index (χ0) is 11.6. The molecule has 0 spiro atoms. The van der Waals surface area contributed by atoms with Crippen LogP contribution in [0.5, 0.6) is 5.75 Å². The number of aryl methyl sites for hydroxylation is 1. The minimum Gasteiger partial charge on any atom is -0.507 e. The van der Waals surface area contributed by atoms with Crippen LogP contribution in [0.2, 0.25) is 0 Å². The second kappa shape index (κ2) is 4.68. The van der Waals surface area contributed by atoms with Crippen LogP contribution in [-0.2, 0) is 6.54 Å². The standard InChI is InChI=1S/C13H19NOS/c1-10-4-3-5-11(12(10)15)8-14-9-13(16-2)6-7-13/h3-5,14-15H,6-9H2,1-2H3. The molecule has 0 aromatic heterocycles. The molecule has 1 aromatic rings. The van der Waals surface area contributed by atoms with Gasteiger partial charge in [0.1, 0.15) is 5.75 Å². The van der Waals surface area contributed by atoms with Gasteiger partial charge in [-0.05, 0) is 31.6 Å². The molecule has 1 aromatic carbocycles. The number of rotatable bonds is 5. The summed E-state index contributed by atoms with van der Waals surface area (Å²) in [6, 6.07) is 5.91. The summed E-state index contributed by atoms with van der Waals surface area (Å²) in [5.74, 6) is 0.434. The van der Waals surface area contributed by atoms with E-state index in [4.69, 9.17) is 0 Å². The molecule has 1 saturated carbocycles. The van der Waals surface area contributed by atoms with E-state index in [0.717, 1.165) is 24.2 Å². The molecular formula is C13H19NOS. The first-order valence-electron chi connectivity index (χ1n) is 5.70. The first-order chi connectivity index (χ1) is 7.67. The van der Waals surface area contributed by atoms with Crippen molar-refractivity contribution < 1.29 is 5.11 Å². The van der Waals surface area contributed by atoms with Gasteiger partial charge in [-0.2, -0.15) is 11.8 Å². The monoisotopic (exact) mass is 237 g/mol. The summed E-state index contributed by atoms with van der Waals surface area (Å²) in [6.45, 7) is 3.74. The van der Waals surface area contributed by atoms with Crippen LogP contribution in [0.3, 0.4) is 0 Å². The maximum Gasteiger partial charge on any atom is 0.122 e. The van der Waals surface area contributed by atoms with Crippen LogP contribution in [0.1, 0.15) is 24.0 Å². The van der Waals surface area contributed by atoms with E-state index in [1.165, 1.54) is 12.8 Å². The van der Waals surface area contributed by atoms with Crippen molar-refractivity contribution in [2.75, 3.05) is 12.8 Å². The molecule has 2 nitrogen and oxygen atoms in total. The highest BCUT2D eigenvalue weighted by atomic mass is 32.2. The fraction of sp³-hybridized carbons (Fsp3) is 0.538. The van der Waals surface area contributed by atoms with Crippen LogP contribution >= 0.6 is 11.8 Å². The average molecular weight is 237 g/mol. The largest absolute Gasteiger partial charge is 0.507 e. The number of benzene rings is 1. The van der Waals surface area contributed by atoms with Crippen molar-refractivity contribution in [1.82, 2.24) is 5.32 Å². The summed E-state index contributed by atoms with van der Waals surface area (Å²) in [7, 11) is 0. The molecule has 1 fully saturated rings. The predicted molar refractivity (Wildman–Crippen MR) is 70.0 cm³/mol. The summed E-state index contributed by atoms with van der Waals surface area (Å²) < 4.78 is 0.486. The van der Waals surface area contributed by atoms with Crippen LogP contribution in [-0.4, -0.2) is 22.7 Å². The number of hydrogen-bond acceptors (Lipinski definition) is 3. The van der Waals surface area contributed by atoms with Crippen molar-refractivity contribution in [3.05, 3.63) is 29.3 Å². The van der Waals surface area contributed by atoms with Crippen molar-refractivity contribution in [3.63, 3.8) is 0 Å². The molecule has 0 amide bonds. The third-order valence-corrected chi connectivity index (χ3v) is 4.74. The van der Waals surface area contributed by atoms with Crippen molar-refractivity contribution in [2.24, 2.45) is 0 Å². The Balaban J connectivity index is 1.88. The number of nitrogens with one attached hydrogen (secondary N) is 1. The van der Waals surface area contributed by atoms with Crippen LogP contribution in [0.25, 0.3) is 0 Å². The van der Waals surface area contributed by atoms with Crippen molar-refractivity contribution in [2.45, 2.75) is 31.1 Å². The lowest BCUT2D eigenvalue weighted by atomic mass is 10.1. The van der Waals surface area contributed by atoms with Gasteiger partial charge in [0.2, 0.25) is 0 Å².